The third-order valence-corrected chi connectivity index (χ3v) is 5.22. The van der Waals surface area contributed by atoms with Crippen LogP contribution >= 0.6 is 0 Å². The molecule has 4 rings (SSSR count). The minimum Gasteiger partial charge on any atom is -0.457 e. The van der Waals surface area contributed by atoms with Gasteiger partial charge in [0.15, 0.2) is 0 Å². The Kier molecular flexibility index (Phi) is 4.77. The highest BCUT2D eigenvalue weighted by Crippen LogP contribution is 2.24. The van der Waals surface area contributed by atoms with Crippen LogP contribution in [0.15, 0.2) is 96.4 Å². The molecular weight excluding hydrogens is 376 g/mol. The number of nitrogens with one attached hydrogen (secondary N) is 1. The molecule has 4 aromatic rings. The summed E-state index contributed by atoms with van der Waals surface area (Å²) in [5.41, 5.74) is 1.20. The number of rotatable bonds is 6. The van der Waals surface area contributed by atoms with Crippen LogP contribution < -0.4 is 9.46 Å². The van der Waals surface area contributed by atoms with Gasteiger partial charge in [-0.05, 0) is 48.5 Å². The topological polar surface area (TPSA) is 86.1 Å². The number of pyridine rings is 1. The van der Waals surface area contributed by atoms with Crippen molar-refractivity contribution in [3.05, 3.63) is 91.5 Å². The molecule has 8 heteroatoms. The lowest BCUT2D eigenvalue weighted by Gasteiger charge is -2.08. The number of aromatic nitrogens is 3. The fraction of sp³-hybridized carbons (Fsp3) is 0. The van der Waals surface area contributed by atoms with E-state index in [1.807, 2.05) is 30.3 Å². The van der Waals surface area contributed by atoms with Crippen molar-refractivity contribution >= 4 is 15.7 Å². The van der Waals surface area contributed by atoms with Gasteiger partial charge in [0.2, 0.25) is 0 Å². The summed E-state index contributed by atoms with van der Waals surface area (Å²) in [6.45, 7) is 0. The van der Waals surface area contributed by atoms with E-state index in [0.717, 1.165) is 5.69 Å². The Balaban J connectivity index is 1.48. The van der Waals surface area contributed by atoms with E-state index in [2.05, 4.69) is 14.8 Å². The van der Waals surface area contributed by atoms with Gasteiger partial charge < -0.3 is 4.74 Å². The zero-order chi connectivity index (χ0) is 19.4. The summed E-state index contributed by atoms with van der Waals surface area (Å²) >= 11 is 0. The molecule has 0 unspecified atom stereocenters. The molecule has 0 atom stereocenters. The van der Waals surface area contributed by atoms with E-state index in [-0.39, 0.29) is 4.90 Å². The third-order valence-electron chi connectivity index (χ3n) is 3.88. The Labute approximate surface area is 162 Å². The molecule has 1 N–H and O–H groups in total. The van der Waals surface area contributed by atoms with Crippen molar-refractivity contribution in [2.75, 3.05) is 4.72 Å². The molecule has 2 aromatic heterocycles. The quantitative estimate of drug-likeness (QED) is 0.538. The molecule has 0 amide bonds. The highest BCUT2D eigenvalue weighted by Gasteiger charge is 2.17. The average molecular weight is 392 g/mol. The van der Waals surface area contributed by atoms with Crippen molar-refractivity contribution in [3.8, 4) is 17.2 Å². The van der Waals surface area contributed by atoms with Gasteiger partial charge >= 0.3 is 0 Å². The van der Waals surface area contributed by atoms with Crippen LogP contribution in [-0.4, -0.2) is 23.2 Å². The van der Waals surface area contributed by atoms with E-state index >= 15 is 0 Å². The number of para-hydroxylation sites is 1. The van der Waals surface area contributed by atoms with Crippen LogP contribution in [0.1, 0.15) is 0 Å². The molecule has 0 saturated carbocycles. The molecule has 7 nitrogen and oxygen atoms in total. The van der Waals surface area contributed by atoms with Crippen molar-refractivity contribution in [1.29, 1.82) is 0 Å². The molecule has 0 aliphatic rings. The first-order valence-corrected chi connectivity index (χ1v) is 9.89. The summed E-state index contributed by atoms with van der Waals surface area (Å²) in [6.07, 6.45) is 6.05. The molecule has 140 valence electrons. The lowest BCUT2D eigenvalue weighted by molar-refractivity contribution is 0.482. The molecule has 0 aliphatic carbocycles. The van der Waals surface area contributed by atoms with Crippen LogP contribution in [0.25, 0.3) is 5.69 Å². The van der Waals surface area contributed by atoms with E-state index in [1.54, 1.807) is 48.8 Å². The van der Waals surface area contributed by atoms with Crippen molar-refractivity contribution in [2.24, 2.45) is 0 Å². The van der Waals surface area contributed by atoms with Crippen LogP contribution in [0.4, 0.5) is 5.69 Å². The van der Waals surface area contributed by atoms with Gasteiger partial charge in [-0.15, -0.1) is 0 Å². The number of ether oxygens (including phenoxy) is 1. The molecule has 2 aromatic carbocycles. The lowest BCUT2D eigenvalue weighted by Crippen LogP contribution is -2.12. The minimum absolute atomic E-state index is 0.0773. The molecular formula is C20H16N4O3S. The van der Waals surface area contributed by atoms with Gasteiger partial charge in [-0.25, -0.2) is 13.1 Å². The second kappa shape index (κ2) is 7.53. The van der Waals surface area contributed by atoms with Gasteiger partial charge in [-0.3, -0.25) is 9.71 Å². The minimum atomic E-state index is -3.75. The van der Waals surface area contributed by atoms with Crippen molar-refractivity contribution in [2.45, 2.75) is 4.90 Å². The number of benzene rings is 2. The van der Waals surface area contributed by atoms with Gasteiger partial charge in [0.1, 0.15) is 16.4 Å². The summed E-state index contributed by atoms with van der Waals surface area (Å²) < 4.78 is 35.0. The number of hydrogen-bond donors (Lipinski definition) is 1. The monoisotopic (exact) mass is 392 g/mol. The summed E-state index contributed by atoms with van der Waals surface area (Å²) in [6, 6.07) is 19.4. The summed E-state index contributed by atoms with van der Waals surface area (Å²) in [4.78, 5) is 4.01. The number of hydrogen-bond acceptors (Lipinski definition) is 5. The maximum Gasteiger partial charge on any atom is 0.265 e. The smallest absolute Gasteiger partial charge is 0.265 e. The van der Waals surface area contributed by atoms with Gasteiger partial charge in [0, 0.05) is 18.1 Å². The second-order valence-electron chi connectivity index (χ2n) is 5.87. The van der Waals surface area contributed by atoms with Gasteiger partial charge in [0.05, 0.1) is 18.1 Å². The molecule has 0 spiro atoms. The van der Waals surface area contributed by atoms with E-state index in [4.69, 9.17) is 4.74 Å². The zero-order valence-electron chi connectivity index (χ0n) is 14.6. The largest absolute Gasteiger partial charge is 0.457 e. The van der Waals surface area contributed by atoms with E-state index in [1.165, 1.54) is 17.1 Å². The van der Waals surface area contributed by atoms with Gasteiger partial charge in [-0.1, -0.05) is 18.2 Å². The van der Waals surface area contributed by atoms with Gasteiger partial charge in [-0.2, -0.15) is 5.10 Å². The first-order valence-electron chi connectivity index (χ1n) is 8.41. The third kappa shape index (κ3) is 4.02. The van der Waals surface area contributed by atoms with Crippen LogP contribution in [-0.2, 0) is 10.0 Å². The Bertz CT molecular complexity index is 1160. The Morgan fingerprint density at radius 2 is 1.54 bits per heavy atom. The SMILES string of the molecule is O=S(=O)(Nc1ccc(Oc2ccncc2)cc1)c1cnn(-c2ccccc2)c1. The summed E-state index contributed by atoms with van der Waals surface area (Å²) in [5, 5.41) is 4.13. The zero-order valence-corrected chi connectivity index (χ0v) is 15.5. The highest BCUT2D eigenvalue weighted by atomic mass is 32.2. The highest BCUT2D eigenvalue weighted by molar-refractivity contribution is 7.92. The maximum absolute atomic E-state index is 12.6. The fourth-order valence-corrected chi connectivity index (χ4v) is 3.50. The average Bonchev–Trinajstić information content (AvgIpc) is 3.22. The first kappa shape index (κ1) is 17.7. The van der Waals surface area contributed by atoms with Crippen LogP contribution in [0.3, 0.4) is 0 Å². The van der Waals surface area contributed by atoms with Crippen LogP contribution in [0.5, 0.6) is 11.5 Å². The number of anilines is 1. The normalized spacial score (nSPS) is 11.1. The first-order chi connectivity index (χ1) is 13.6. The molecule has 0 radical (unpaired) electrons. The predicted octanol–water partition coefficient (Wildman–Crippen LogP) is 3.86. The van der Waals surface area contributed by atoms with Crippen molar-refractivity contribution < 1.29 is 13.2 Å². The molecule has 0 aliphatic heterocycles. The molecule has 0 fully saturated rings. The standard InChI is InChI=1S/C20H16N4O3S/c25-28(26,20-14-22-24(15-20)17-4-2-1-3-5-17)23-16-6-8-18(9-7-16)27-19-10-12-21-13-11-19/h1-15,23H. The predicted molar refractivity (Wildman–Crippen MR) is 105 cm³/mol. The van der Waals surface area contributed by atoms with E-state index in [0.29, 0.717) is 17.2 Å². The maximum atomic E-state index is 12.6. The lowest BCUT2D eigenvalue weighted by atomic mass is 10.3. The molecule has 0 saturated heterocycles. The summed E-state index contributed by atoms with van der Waals surface area (Å²) in [7, 11) is -3.75. The van der Waals surface area contributed by atoms with Crippen LogP contribution in [0.2, 0.25) is 0 Å². The molecule has 0 bridgehead atoms. The van der Waals surface area contributed by atoms with Crippen molar-refractivity contribution in [3.63, 3.8) is 0 Å². The Morgan fingerprint density at radius 1 is 0.857 bits per heavy atom. The van der Waals surface area contributed by atoms with Crippen molar-refractivity contribution in [1.82, 2.24) is 14.8 Å². The van der Waals surface area contributed by atoms with E-state index in [9.17, 15) is 8.42 Å². The van der Waals surface area contributed by atoms with Crippen LogP contribution in [0, 0.1) is 0 Å². The Hall–Kier alpha value is -3.65. The number of sulfonamides is 1. The second-order valence-corrected chi connectivity index (χ2v) is 7.55. The molecule has 28 heavy (non-hydrogen) atoms. The fourth-order valence-electron chi connectivity index (χ4n) is 2.51. The Morgan fingerprint density at radius 3 is 2.25 bits per heavy atom. The molecule has 2 heterocycles. The van der Waals surface area contributed by atoms with E-state index < -0.39 is 10.0 Å². The number of nitrogens with zero attached hydrogens (tertiary/aromatic N) is 3. The van der Waals surface area contributed by atoms with Gasteiger partial charge in [0.25, 0.3) is 10.0 Å². The summed E-state index contributed by atoms with van der Waals surface area (Å²) in [5.74, 6) is 1.24.